The van der Waals surface area contributed by atoms with Gasteiger partial charge in [-0.15, -0.1) is 0 Å². The van der Waals surface area contributed by atoms with Gasteiger partial charge in [0.25, 0.3) is 0 Å². The lowest BCUT2D eigenvalue weighted by molar-refractivity contribution is -0.261. The first-order valence-corrected chi connectivity index (χ1v) is 44.2. The fourth-order valence-corrected chi connectivity index (χ4v) is 14.5. The Bertz CT molecular complexity index is 3520. The SMILES string of the molecule is CC(=O)N[C@H]1[C@@H](OP(=O)(O)OP(=O)(O)OCCC(C)CC/C=C(\C)CC/C=C(\C)CC/C=C(\C)CC/C=C(\C)CC/C=C(\C)CC/C=C(\C)CC/C=C(\C)CC/C=C(\C)CC/C=C(\C)CCC=C(C)C)O[C@H](CO)[C@@H](O)[C@@H]1O[C@H](C)C(=O)N[C@@H](C)C(=O)N[C@H](CCC(=O)N[C@@H](CCCCN)C(=O)N[C@H](C)C(=O)N[C@H](C)C(=O)O)C(=O)O. The summed E-state index contributed by atoms with van der Waals surface area (Å²) in [4.78, 5) is 123. The van der Waals surface area contributed by atoms with Crippen molar-refractivity contribution in [2.24, 2.45) is 11.7 Å². The molecule has 28 nitrogen and oxygen atoms in total. The van der Waals surface area contributed by atoms with Crippen molar-refractivity contribution >= 4 is 63.0 Å². The largest absolute Gasteiger partial charge is 0.483 e. The van der Waals surface area contributed by atoms with Crippen molar-refractivity contribution in [2.45, 2.75) is 352 Å². The van der Waals surface area contributed by atoms with Gasteiger partial charge in [0.15, 0.2) is 6.29 Å². The maximum absolute atomic E-state index is 13.5. The maximum Gasteiger partial charge on any atom is 0.483 e. The highest BCUT2D eigenvalue weighted by Crippen LogP contribution is 2.61. The Labute approximate surface area is 691 Å². The summed E-state index contributed by atoms with van der Waals surface area (Å²) in [6.45, 7) is 31.0. The zero-order valence-corrected chi connectivity index (χ0v) is 74.3. The number of allylic oxidation sites excluding steroid dienone is 20. The number of ether oxygens (including phenoxy) is 2. The second-order valence-electron chi connectivity index (χ2n) is 31.6. The molecule has 1 aliphatic heterocycles. The van der Waals surface area contributed by atoms with E-state index in [-0.39, 0.29) is 31.9 Å². The predicted octanol–water partition coefficient (Wildman–Crippen LogP) is 14.5. The Hall–Kier alpha value is -6.78. The fourth-order valence-electron chi connectivity index (χ4n) is 12.3. The second-order valence-corrected chi connectivity index (χ2v) is 34.6. The average molecular weight is 1680 g/mol. The smallest absolute Gasteiger partial charge is 0.480 e. The maximum atomic E-state index is 13.5. The lowest BCUT2D eigenvalue weighted by atomic mass is 9.96. The molecule has 0 radical (unpaired) electrons. The van der Waals surface area contributed by atoms with Gasteiger partial charge in [0.1, 0.15) is 60.7 Å². The molecular formula is C86H145N7O21P2. The Morgan fingerprint density at radius 1 is 0.457 bits per heavy atom. The molecule has 116 heavy (non-hydrogen) atoms. The predicted molar refractivity (Wildman–Crippen MR) is 455 cm³/mol. The van der Waals surface area contributed by atoms with Gasteiger partial charge in [-0.25, -0.2) is 13.9 Å². The molecule has 660 valence electrons. The Morgan fingerprint density at radius 2 is 0.853 bits per heavy atom. The number of nitrogens with one attached hydrogen (secondary N) is 6. The van der Waals surface area contributed by atoms with Crippen LogP contribution in [0.1, 0.15) is 285 Å². The fraction of sp³-hybridized carbons (Fsp3) is 0.674. The van der Waals surface area contributed by atoms with E-state index in [1.54, 1.807) is 0 Å². The number of unbranched alkanes of at least 4 members (excludes halogenated alkanes) is 1. The minimum absolute atomic E-state index is 0.0151. The number of nitrogens with two attached hydrogens (primary N) is 1. The van der Waals surface area contributed by atoms with Crippen LogP contribution in [-0.2, 0) is 70.3 Å². The minimum Gasteiger partial charge on any atom is -0.480 e. The number of rotatable bonds is 60. The Kier molecular flexibility index (Phi) is 54.5. The van der Waals surface area contributed by atoms with Crippen LogP contribution in [0.5, 0.6) is 0 Å². The summed E-state index contributed by atoms with van der Waals surface area (Å²) in [5.74, 6) is -8.33. The van der Waals surface area contributed by atoms with Crippen LogP contribution < -0.4 is 37.6 Å². The van der Waals surface area contributed by atoms with Gasteiger partial charge in [0.05, 0.1) is 13.2 Å². The van der Waals surface area contributed by atoms with Gasteiger partial charge in [-0.3, -0.25) is 42.6 Å². The summed E-state index contributed by atoms with van der Waals surface area (Å²) in [6, 6.07) is -8.75. The summed E-state index contributed by atoms with van der Waals surface area (Å²) in [5, 5.41) is 54.4. The molecule has 1 aliphatic rings. The van der Waals surface area contributed by atoms with Crippen molar-refractivity contribution in [1.82, 2.24) is 31.9 Å². The molecule has 0 spiro atoms. The lowest BCUT2D eigenvalue weighted by Crippen LogP contribution is -2.66. The average Bonchev–Trinajstić information content (AvgIpc) is 0.782. The zero-order chi connectivity index (χ0) is 87.7. The van der Waals surface area contributed by atoms with Crippen LogP contribution in [0, 0.1) is 5.92 Å². The van der Waals surface area contributed by atoms with E-state index < -0.39 is 149 Å². The van der Waals surface area contributed by atoms with Gasteiger partial charge < -0.3 is 77.3 Å². The van der Waals surface area contributed by atoms with E-state index in [1.807, 2.05) is 6.92 Å². The highest BCUT2D eigenvalue weighted by atomic mass is 31.3. The molecule has 6 amide bonds. The molecule has 0 aromatic heterocycles. The number of carboxylic acids is 2. The van der Waals surface area contributed by atoms with Gasteiger partial charge in [-0.1, -0.05) is 123 Å². The third kappa shape index (κ3) is 50.2. The van der Waals surface area contributed by atoms with E-state index in [4.69, 9.17) is 29.4 Å². The third-order valence-electron chi connectivity index (χ3n) is 19.9. The molecule has 1 fully saturated rings. The van der Waals surface area contributed by atoms with Crippen molar-refractivity contribution in [3.8, 4) is 0 Å². The van der Waals surface area contributed by atoms with Crippen LogP contribution >= 0.6 is 15.6 Å². The number of aliphatic hydroxyl groups is 2. The number of phosphoric acid groups is 2. The lowest BCUT2D eigenvalue weighted by Gasteiger charge is -2.44. The number of carbonyl (C=O) groups excluding carboxylic acids is 6. The molecule has 0 saturated carbocycles. The minimum atomic E-state index is -5.72. The highest BCUT2D eigenvalue weighted by Gasteiger charge is 2.51. The van der Waals surface area contributed by atoms with Crippen LogP contribution in [0.4, 0.5) is 0 Å². The summed E-state index contributed by atoms with van der Waals surface area (Å²) in [6.07, 6.45) is 35.1. The molecule has 0 aliphatic carbocycles. The summed E-state index contributed by atoms with van der Waals surface area (Å²) < 4.78 is 52.6. The molecule has 0 aromatic carbocycles. The molecule has 1 saturated heterocycles. The Balaban J connectivity index is 2.66. The molecule has 1 rings (SSSR count). The number of carboxylic acid groups (broad SMARTS) is 2. The van der Waals surface area contributed by atoms with Gasteiger partial charge in [0.2, 0.25) is 35.4 Å². The quantitative estimate of drug-likeness (QED) is 0.0153. The van der Waals surface area contributed by atoms with E-state index >= 15 is 0 Å². The molecule has 0 aromatic rings. The molecule has 14 atom stereocenters. The molecule has 0 bridgehead atoms. The number of aliphatic carboxylic acids is 2. The summed E-state index contributed by atoms with van der Waals surface area (Å²) in [7, 11) is -11.1. The van der Waals surface area contributed by atoms with Crippen LogP contribution in [-0.4, -0.2) is 164 Å². The topological polar surface area (TPSA) is 436 Å². The van der Waals surface area contributed by atoms with Crippen molar-refractivity contribution < 1.29 is 101 Å². The number of carbonyl (C=O) groups is 8. The van der Waals surface area contributed by atoms with Crippen LogP contribution in [0.3, 0.4) is 0 Å². The van der Waals surface area contributed by atoms with Crippen LogP contribution in [0.15, 0.2) is 116 Å². The molecule has 30 heteroatoms. The normalized spacial score (nSPS) is 19.9. The van der Waals surface area contributed by atoms with Crippen LogP contribution in [0.25, 0.3) is 0 Å². The zero-order valence-electron chi connectivity index (χ0n) is 72.5. The first-order valence-electron chi connectivity index (χ1n) is 41.3. The number of phosphoric ester groups is 2. The van der Waals surface area contributed by atoms with E-state index in [9.17, 15) is 72.6 Å². The van der Waals surface area contributed by atoms with Crippen LogP contribution in [0.2, 0.25) is 0 Å². The number of hydrogen-bond donors (Lipinski definition) is 13. The summed E-state index contributed by atoms with van der Waals surface area (Å²) >= 11 is 0. The molecule has 3 unspecified atom stereocenters. The highest BCUT2D eigenvalue weighted by molar-refractivity contribution is 7.61. The molecular weight excluding hydrogens is 1530 g/mol. The van der Waals surface area contributed by atoms with Gasteiger partial charge >= 0.3 is 27.6 Å². The van der Waals surface area contributed by atoms with Gasteiger partial charge in [-0.05, 0) is 277 Å². The number of hydrogen-bond acceptors (Lipinski definition) is 18. The monoisotopic (exact) mass is 1670 g/mol. The van der Waals surface area contributed by atoms with Crippen molar-refractivity contribution in [1.29, 1.82) is 0 Å². The number of amides is 6. The molecule has 14 N–H and O–H groups in total. The third-order valence-corrected chi connectivity index (χ3v) is 22.5. The standard InChI is InChI=1S/C86H145N7O21P2/c1-57(2)30-20-31-58(3)32-21-33-59(4)34-22-35-60(5)36-23-37-61(6)38-24-39-62(7)40-25-41-63(8)42-26-43-64(9)44-27-45-65(10)46-28-47-66(11)48-29-49-67(12)53-55-110-115(106,107)114-116(108,109)113-86-77(91-72(17)95)79(78(97)75(56-94)112-86)111-71(16)82(100)88-69(14)81(99)93-74(85(104)105)51-52-76(96)92-73(50-18-19-54-87)83(101)89-68(13)80(98)90-70(15)84(102)103/h30,32,34,36,38,40,42,44,46,48,67-71,73-75,77-79,86,94,97H,18-29,31,33,35,37,39,41,43,45,47,49-56,87H2,1-17H3,(H,88,100)(H,89,101)(H,90,98)(H,91,95)(H,92,96)(H,93,99)(H,102,103)(H,104,105)(H,106,107)(H,108,109)/b58-32+,59-34+,60-36+,61-38+,62-40+,63-42+,64-44+,65-46+,66-48+/t67?,68-,69+,70-,71-,73+,74-,75-,77-,78-,79-,86-/m1/s1. The van der Waals surface area contributed by atoms with Crippen molar-refractivity contribution in [2.75, 3.05) is 19.8 Å². The first kappa shape index (κ1) is 107. The van der Waals surface area contributed by atoms with Gasteiger partial charge in [0, 0.05) is 13.3 Å². The second kappa shape index (κ2) is 59.0. The van der Waals surface area contributed by atoms with E-state index in [2.05, 4.69) is 173 Å². The summed E-state index contributed by atoms with van der Waals surface area (Å²) in [5.41, 5.74) is 19.8. The van der Waals surface area contributed by atoms with Crippen molar-refractivity contribution in [3.63, 3.8) is 0 Å². The first-order chi connectivity index (χ1) is 54.5. The van der Waals surface area contributed by atoms with Crippen molar-refractivity contribution in [3.05, 3.63) is 116 Å². The molecule has 1 heterocycles. The van der Waals surface area contributed by atoms with Gasteiger partial charge in [-0.2, -0.15) is 4.31 Å². The van der Waals surface area contributed by atoms with E-state index in [0.29, 0.717) is 19.3 Å². The number of aliphatic hydroxyl groups excluding tert-OH is 2. The van der Waals surface area contributed by atoms with E-state index in [0.717, 1.165) is 136 Å². The Morgan fingerprint density at radius 3 is 1.24 bits per heavy atom. The van der Waals surface area contributed by atoms with E-state index in [1.165, 1.54) is 76.5 Å².